The van der Waals surface area contributed by atoms with Crippen LogP contribution in [0.15, 0.2) is 52.8 Å². The number of hydrogen-bond acceptors (Lipinski definition) is 4. The van der Waals surface area contributed by atoms with Crippen molar-refractivity contribution in [3.8, 4) is 0 Å². The standard InChI is InChI=1S/C14H15N3S/c15-14-16-9-13(11-5-2-1-3-6-11)17(14)10-12-7-4-8-18-12/h1-8,13H,9-10H2,(H2,15,16). The molecule has 1 aromatic carbocycles. The SMILES string of the molecule is NC1=NCC(c2ccccc2)N1Cc1cccs1. The van der Waals surface area contributed by atoms with Crippen molar-refractivity contribution < 1.29 is 0 Å². The molecule has 0 fully saturated rings. The Morgan fingerprint density at radius 3 is 2.78 bits per heavy atom. The maximum Gasteiger partial charge on any atom is 0.192 e. The van der Waals surface area contributed by atoms with Gasteiger partial charge in [0.05, 0.1) is 19.1 Å². The van der Waals surface area contributed by atoms with Crippen LogP contribution in [-0.4, -0.2) is 17.4 Å². The highest BCUT2D eigenvalue weighted by molar-refractivity contribution is 7.09. The van der Waals surface area contributed by atoms with Crippen LogP contribution in [0.25, 0.3) is 0 Å². The van der Waals surface area contributed by atoms with Gasteiger partial charge in [0.15, 0.2) is 5.96 Å². The van der Waals surface area contributed by atoms with E-state index in [4.69, 9.17) is 5.73 Å². The van der Waals surface area contributed by atoms with E-state index in [0.29, 0.717) is 5.96 Å². The lowest BCUT2D eigenvalue weighted by Crippen LogP contribution is -2.35. The van der Waals surface area contributed by atoms with Gasteiger partial charge in [-0.25, -0.2) is 0 Å². The minimum absolute atomic E-state index is 0.272. The predicted octanol–water partition coefficient (Wildman–Crippen LogP) is 2.62. The van der Waals surface area contributed by atoms with E-state index in [2.05, 4.69) is 51.7 Å². The van der Waals surface area contributed by atoms with Crippen LogP contribution in [0.2, 0.25) is 0 Å². The number of guanidine groups is 1. The third-order valence-corrected chi connectivity index (χ3v) is 4.05. The molecule has 18 heavy (non-hydrogen) atoms. The molecule has 2 heterocycles. The lowest BCUT2D eigenvalue weighted by molar-refractivity contribution is 0.343. The van der Waals surface area contributed by atoms with Gasteiger partial charge in [-0.2, -0.15) is 0 Å². The third-order valence-electron chi connectivity index (χ3n) is 3.19. The number of thiophene rings is 1. The molecule has 2 N–H and O–H groups in total. The molecule has 3 rings (SSSR count). The fourth-order valence-electron chi connectivity index (χ4n) is 2.25. The normalized spacial score (nSPS) is 19.0. The van der Waals surface area contributed by atoms with Gasteiger partial charge in [0.1, 0.15) is 0 Å². The van der Waals surface area contributed by atoms with Gasteiger partial charge in [0.2, 0.25) is 0 Å². The second-order valence-electron chi connectivity index (χ2n) is 4.33. The Morgan fingerprint density at radius 2 is 2.06 bits per heavy atom. The van der Waals surface area contributed by atoms with E-state index in [-0.39, 0.29) is 6.04 Å². The van der Waals surface area contributed by atoms with Crippen molar-refractivity contribution in [3.63, 3.8) is 0 Å². The number of aliphatic imine (C=N–C) groups is 1. The molecule has 1 aliphatic heterocycles. The van der Waals surface area contributed by atoms with Crippen molar-refractivity contribution in [1.29, 1.82) is 0 Å². The van der Waals surface area contributed by atoms with E-state index in [9.17, 15) is 0 Å². The van der Waals surface area contributed by atoms with Gasteiger partial charge in [0.25, 0.3) is 0 Å². The molecule has 0 radical (unpaired) electrons. The highest BCUT2D eigenvalue weighted by Gasteiger charge is 2.27. The molecule has 0 saturated heterocycles. The summed E-state index contributed by atoms with van der Waals surface area (Å²) in [6.07, 6.45) is 0. The summed E-state index contributed by atoms with van der Waals surface area (Å²) < 4.78 is 0. The smallest absolute Gasteiger partial charge is 0.192 e. The van der Waals surface area contributed by atoms with Crippen LogP contribution in [0.1, 0.15) is 16.5 Å². The molecule has 0 amide bonds. The second kappa shape index (κ2) is 4.82. The molecule has 1 unspecified atom stereocenters. The average Bonchev–Trinajstić information content (AvgIpc) is 3.03. The van der Waals surface area contributed by atoms with Gasteiger partial charge >= 0.3 is 0 Å². The van der Waals surface area contributed by atoms with Crippen molar-refractivity contribution >= 4 is 17.3 Å². The first-order valence-electron chi connectivity index (χ1n) is 5.98. The molecular weight excluding hydrogens is 242 g/mol. The number of hydrogen-bond donors (Lipinski definition) is 1. The lowest BCUT2D eigenvalue weighted by atomic mass is 10.1. The van der Waals surface area contributed by atoms with Crippen LogP contribution in [0.5, 0.6) is 0 Å². The van der Waals surface area contributed by atoms with E-state index >= 15 is 0 Å². The highest BCUT2D eigenvalue weighted by atomic mass is 32.1. The Hall–Kier alpha value is -1.81. The minimum atomic E-state index is 0.272. The topological polar surface area (TPSA) is 41.6 Å². The molecule has 0 aliphatic carbocycles. The Labute approximate surface area is 111 Å². The van der Waals surface area contributed by atoms with Crippen molar-refractivity contribution in [3.05, 3.63) is 58.3 Å². The molecule has 3 nitrogen and oxygen atoms in total. The summed E-state index contributed by atoms with van der Waals surface area (Å²) in [4.78, 5) is 7.88. The largest absolute Gasteiger partial charge is 0.370 e. The highest BCUT2D eigenvalue weighted by Crippen LogP contribution is 2.27. The molecule has 1 atom stereocenters. The second-order valence-corrected chi connectivity index (χ2v) is 5.36. The van der Waals surface area contributed by atoms with Crippen molar-refractivity contribution in [2.45, 2.75) is 12.6 Å². The van der Waals surface area contributed by atoms with Crippen LogP contribution in [0, 0.1) is 0 Å². The van der Waals surface area contributed by atoms with E-state index in [1.807, 2.05) is 6.07 Å². The average molecular weight is 257 g/mol. The Bertz CT molecular complexity index is 533. The van der Waals surface area contributed by atoms with E-state index < -0.39 is 0 Å². The van der Waals surface area contributed by atoms with Crippen molar-refractivity contribution in [2.24, 2.45) is 10.7 Å². The lowest BCUT2D eigenvalue weighted by Gasteiger charge is -2.26. The quantitative estimate of drug-likeness (QED) is 0.918. The molecule has 92 valence electrons. The summed E-state index contributed by atoms with van der Waals surface area (Å²) in [6.45, 7) is 1.59. The first-order valence-corrected chi connectivity index (χ1v) is 6.86. The first-order chi connectivity index (χ1) is 8.84. The summed E-state index contributed by atoms with van der Waals surface area (Å²) >= 11 is 1.76. The molecule has 0 bridgehead atoms. The van der Waals surface area contributed by atoms with Crippen LogP contribution in [0.3, 0.4) is 0 Å². The number of benzene rings is 1. The van der Waals surface area contributed by atoms with Gasteiger partial charge < -0.3 is 10.6 Å². The molecule has 1 aliphatic rings. The molecule has 0 saturated carbocycles. The third kappa shape index (κ3) is 2.11. The Balaban J connectivity index is 1.83. The van der Waals surface area contributed by atoms with Gasteiger partial charge in [-0.15, -0.1) is 11.3 Å². The zero-order chi connectivity index (χ0) is 12.4. The first kappa shape index (κ1) is 11.3. The number of nitrogens with two attached hydrogens (primary N) is 1. The van der Waals surface area contributed by atoms with E-state index in [1.165, 1.54) is 10.4 Å². The van der Waals surface area contributed by atoms with Crippen LogP contribution in [0.4, 0.5) is 0 Å². The predicted molar refractivity (Wildman–Crippen MR) is 75.5 cm³/mol. The van der Waals surface area contributed by atoms with Crippen LogP contribution >= 0.6 is 11.3 Å². The summed E-state index contributed by atoms with van der Waals surface area (Å²) in [5.74, 6) is 0.650. The fraction of sp³-hybridized carbons (Fsp3) is 0.214. The zero-order valence-corrected chi connectivity index (χ0v) is 10.8. The molecule has 0 spiro atoms. The monoisotopic (exact) mass is 257 g/mol. The van der Waals surface area contributed by atoms with Gasteiger partial charge in [-0.1, -0.05) is 36.4 Å². The number of rotatable bonds is 3. The molecule has 1 aromatic heterocycles. The molecular formula is C14H15N3S. The maximum atomic E-state index is 6.00. The van der Waals surface area contributed by atoms with Crippen molar-refractivity contribution in [1.82, 2.24) is 4.90 Å². The number of nitrogens with zero attached hydrogens (tertiary/aromatic N) is 2. The minimum Gasteiger partial charge on any atom is -0.370 e. The summed E-state index contributed by atoms with van der Waals surface area (Å²) in [5, 5.41) is 2.09. The van der Waals surface area contributed by atoms with Gasteiger partial charge in [-0.3, -0.25) is 4.99 Å². The van der Waals surface area contributed by atoms with E-state index in [1.54, 1.807) is 11.3 Å². The van der Waals surface area contributed by atoms with E-state index in [0.717, 1.165) is 13.1 Å². The fourth-order valence-corrected chi connectivity index (χ4v) is 2.95. The van der Waals surface area contributed by atoms with Crippen LogP contribution < -0.4 is 5.73 Å². The summed E-state index contributed by atoms with van der Waals surface area (Å²) in [5.41, 5.74) is 7.28. The summed E-state index contributed by atoms with van der Waals surface area (Å²) in [7, 11) is 0. The van der Waals surface area contributed by atoms with Gasteiger partial charge in [0, 0.05) is 4.88 Å². The summed E-state index contributed by atoms with van der Waals surface area (Å²) in [6, 6.07) is 14.9. The van der Waals surface area contributed by atoms with Crippen molar-refractivity contribution in [2.75, 3.05) is 6.54 Å². The van der Waals surface area contributed by atoms with Gasteiger partial charge in [-0.05, 0) is 17.0 Å². The molecule has 4 heteroatoms. The Morgan fingerprint density at radius 1 is 1.22 bits per heavy atom. The van der Waals surface area contributed by atoms with Crippen LogP contribution in [-0.2, 0) is 6.54 Å². The Kier molecular flexibility index (Phi) is 3.02. The maximum absolute atomic E-state index is 6.00. The zero-order valence-electron chi connectivity index (χ0n) is 9.99. The molecule has 2 aromatic rings.